The molecule has 35 heavy (non-hydrogen) atoms. The summed E-state index contributed by atoms with van der Waals surface area (Å²) in [5.41, 5.74) is 1.37. The highest BCUT2D eigenvalue weighted by atomic mass is 19.1. The highest BCUT2D eigenvalue weighted by Crippen LogP contribution is 2.52. The van der Waals surface area contributed by atoms with Gasteiger partial charge < -0.3 is 15.0 Å². The third-order valence-electron chi connectivity index (χ3n) is 6.78. The number of anilines is 2. The summed E-state index contributed by atoms with van der Waals surface area (Å²) >= 11 is 0. The van der Waals surface area contributed by atoms with Crippen LogP contribution in [0.1, 0.15) is 12.0 Å². The van der Waals surface area contributed by atoms with Gasteiger partial charge in [-0.15, -0.1) is 0 Å². The number of ether oxygens (including phenoxy) is 1. The molecule has 1 aliphatic heterocycles. The van der Waals surface area contributed by atoms with Crippen LogP contribution in [0.25, 0.3) is 0 Å². The molecule has 4 atom stereocenters. The first-order chi connectivity index (χ1) is 16.8. The minimum absolute atomic E-state index is 0.0602. The Hall–Kier alpha value is -4.01. The Labute approximate surface area is 202 Å². The standard InChI is InChI=1S/C26H25FN4O4/c1-30(2)18-10-9-17(21(12-18)35-14-22(32)29-20-6-4-3-5-19(20)27)13-28-31-25(33)23-15-7-8-16(11-15)24(23)26(31)34/h3-10,12-13,15-16,23-24H,11,14H2,1-2H3,(H,29,32)/t15-,16-,23-,24+/m0/s1. The number of hydrogen-bond acceptors (Lipinski definition) is 6. The summed E-state index contributed by atoms with van der Waals surface area (Å²) in [4.78, 5) is 40.0. The van der Waals surface area contributed by atoms with Crippen molar-refractivity contribution in [2.45, 2.75) is 6.42 Å². The van der Waals surface area contributed by atoms with Gasteiger partial charge in [0.25, 0.3) is 17.7 Å². The van der Waals surface area contributed by atoms with Gasteiger partial charge >= 0.3 is 0 Å². The van der Waals surface area contributed by atoms with Gasteiger partial charge in [-0.2, -0.15) is 10.1 Å². The molecule has 0 spiro atoms. The Balaban J connectivity index is 1.32. The molecule has 9 heteroatoms. The molecule has 1 N–H and O–H groups in total. The summed E-state index contributed by atoms with van der Waals surface area (Å²) < 4.78 is 19.6. The number of fused-ring (bicyclic) bond motifs is 5. The average Bonchev–Trinajstić information content (AvgIpc) is 3.52. The highest BCUT2D eigenvalue weighted by Gasteiger charge is 2.59. The second-order valence-corrected chi connectivity index (χ2v) is 9.17. The van der Waals surface area contributed by atoms with E-state index in [1.54, 1.807) is 18.2 Å². The molecular weight excluding hydrogens is 451 g/mol. The van der Waals surface area contributed by atoms with E-state index in [0.717, 1.165) is 17.1 Å². The zero-order chi connectivity index (χ0) is 24.7. The number of nitrogens with one attached hydrogen (secondary N) is 1. The second-order valence-electron chi connectivity index (χ2n) is 9.17. The van der Waals surface area contributed by atoms with Gasteiger partial charge in [0.05, 0.1) is 23.7 Å². The van der Waals surface area contributed by atoms with Crippen molar-refractivity contribution < 1.29 is 23.5 Å². The van der Waals surface area contributed by atoms with E-state index in [2.05, 4.69) is 10.4 Å². The molecule has 2 fully saturated rings. The van der Waals surface area contributed by atoms with Gasteiger partial charge in [0.15, 0.2) is 6.61 Å². The van der Waals surface area contributed by atoms with Crippen LogP contribution in [-0.2, 0) is 14.4 Å². The molecule has 8 nitrogen and oxygen atoms in total. The minimum Gasteiger partial charge on any atom is -0.483 e. The van der Waals surface area contributed by atoms with Crippen LogP contribution in [0.5, 0.6) is 5.75 Å². The summed E-state index contributed by atoms with van der Waals surface area (Å²) in [6.45, 7) is -0.368. The van der Waals surface area contributed by atoms with Crippen LogP contribution in [-0.4, -0.2) is 49.6 Å². The number of rotatable bonds is 7. The maximum absolute atomic E-state index is 13.8. The first-order valence-corrected chi connectivity index (χ1v) is 11.4. The van der Waals surface area contributed by atoms with Crippen LogP contribution in [0.3, 0.4) is 0 Å². The molecule has 2 bridgehead atoms. The summed E-state index contributed by atoms with van der Waals surface area (Å²) in [6, 6.07) is 11.2. The number of para-hydroxylation sites is 1. The van der Waals surface area contributed by atoms with Crippen LogP contribution in [0.15, 0.2) is 59.7 Å². The Morgan fingerprint density at radius 1 is 1.14 bits per heavy atom. The van der Waals surface area contributed by atoms with Gasteiger partial charge in [0.2, 0.25) is 0 Å². The molecule has 5 rings (SSSR count). The van der Waals surface area contributed by atoms with E-state index in [0.29, 0.717) is 11.3 Å². The zero-order valence-electron chi connectivity index (χ0n) is 19.3. The van der Waals surface area contributed by atoms with Crippen molar-refractivity contribution in [2.75, 3.05) is 30.9 Å². The molecule has 0 aromatic heterocycles. The van der Waals surface area contributed by atoms with Crippen molar-refractivity contribution in [3.8, 4) is 5.75 Å². The maximum Gasteiger partial charge on any atom is 0.262 e. The van der Waals surface area contributed by atoms with Crippen LogP contribution in [0.4, 0.5) is 15.8 Å². The molecule has 2 aromatic rings. The predicted octanol–water partition coefficient (Wildman–Crippen LogP) is 3.05. The van der Waals surface area contributed by atoms with Crippen molar-refractivity contribution in [1.29, 1.82) is 0 Å². The summed E-state index contributed by atoms with van der Waals surface area (Å²) in [5.74, 6) is -1.74. The molecule has 3 amide bonds. The van der Waals surface area contributed by atoms with Crippen LogP contribution in [0.2, 0.25) is 0 Å². The predicted molar refractivity (Wildman–Crippen MR) is 128 cm³/mol. The lowest BCUT2D eigenvalue weighted by molar-refractivity contribution is -0.140. The number of amides is 3. The number of allylic oxidation sites excluding steroid dienone is 2. The average molecular weight is 477 g/mol. The largest absolute Gasteiger partial charge is 0.483 e. The Bertz CT molecular complexity index is 1230. The zero-order valence-corrected chi connectivity index (χ0v) is 19.3. The number of carbonyl (C=O) groups excluding carboxylic acids is 3. The highest BCUT2D eigenvalue weighted by molar-refractivity contribution is 6.07. The molecule has 1 heterocycles. The Kier molecular flexibility index (Phi) is 5.84. The van der Waals surface area contributed by atoms with Gasteiger partial charge in [0, 0.05) is 31.4 Å². The molecular formula is C26H25FN4O4. The third-order valence-corrected chi connectivity index (χ3v) is 6.78. The van der Waals surface area contributed by atoms with E-state index in [4.69, 9.17) is 4.74 Å². The minimum atomic E-state index is -0.545. The SMILES string of the molecule is CN(C)c1ccc(C=NN2C(=O)[C@@H]3[C@H](C2=O)[C@H]2C=C[C@H]3C2)c(OCC(=O)Nc2ccccc2F)c1. The Morgan fingerprint density at radius 3 is 2.49 bits per heavy atom. The third kappa shape index (κ3) is 4.18. The number of hydrazone groups is 1. The molecule has 180 valence electrons. The van der Waals surface area contributed by atoms with Crippen molar-refractivity contribution in [2.24, 2.45) is 28.8 Å². The number of benzene rings is 2. The normalized spacial score (nSPS) is 24.4. The van der Waals surface area contributed by atoms with E-state index in [1.807, 2.05) is 37.2 Å². The molecule has 3 aliphatic rings. The van der Waals surface area contributed by atoms with E-state index in [1.165, 1.54) is 24.4 Å². The fraction of sp³-hybridized carbons (Fsp3) is 0.308. The lowest BCUT2D eigenvalue weighted by atomic mass is 9.85. The monoisotopic (exact) mass is 476 g/mol. The van der Waals surface area contributed by atoms with Crippen LogP contribution < -0.4 is 15.0 Å². The fourth-order valence-corrected chi connectivity index (χ4v) is 5.05. The van der Waals surface area contributed by atoms with Gasteiger partial charge in [-0.3, -0.25) is 14.4 Å². The van der Waals surface area contributed by atoms with Crippen molar-refractivity contribution >= 4 is 35.3 Å². The molecule has 0 unspecified atom stereocenters. The van der Waals surface area contributed by atoms with Gasteiger partial charge in [0.1, 0.15) is 11.6 Å². The van der Waals surface area contributed by atoms with Crippen LogP contribution >= 0.6 is 0 Å². The van der Waals surface area contributed by atoms with E-state index in [9.17, 15) is 18.8 Å². The molecule has 2 aliphatic carbocycles. The molecule has 1 saturated heterocycles. The van der Waals surface area contributed by atoms with E-state index < -0.39 is 11.7 Å². The van der Waals surface area contributed by atoms with Gasteiger partial charge in [-0.1, -0.05) is 24.3 Å². The fourth-order valence-electron chi connectivity index (χ4n) is 5.05. The summed E-state index contributed by atoms with van der Waals surface area (Å²) in [6.07, 6.45) is 6.31. The quantitative estimate of drug-likeness (QED) is 0.377. The number of hydrogen-bond donors (Lipinski definition) is 1. The number of carbonyl (C=O) groups is 3. The summed E-state index contributed by atoms with van der Waals surface area (Å²) in [7, 11) is 3.72. The molecule has 2 aromatic carbocycles. The first kappa shape index (κ1) is 22.8. The maximum atomic E-state index is 13.8. The topological polar surface area (TPSA) is 91.3 Å². The summed E-state index contributed by atoms with van der Waals surface area (Å²) in [5, 5.41) is 7.66. The number of imide groups is 1. The lowest BCUT2D eigenvalue weighted by Gasteiger charge is -2.16. The van der Waals surface area contributed by atoms with Crippen molar-refractivity contribution in [3.05, 3.63) is 66.0 Å². The van der Waals surface area contributed by atoms with Crippen molar-refractivity contribution in [1.82, 2.24) is 5.01 Å². The number of halogens is 1. The first-order valence-electron chi connectivity index (χ1n) is 11.4. The number of nitrogens with zero attached hydrogens (tertiary/aromatic N) is 3. The lowest BCUT2D eigenvalue weighted by Crippen LogP contribution is -2.28. The van der Waals surface area contributed by atoms with Gasteiger partial charge in [-0.05, 0) is 42.5 Å². The second kappa shape index (κ2) is 8.98. The van der Waals surface area contributed by atoms with Crippen LogP contribution in [0, 0.1) is 29.5 Å². The van der Waals surface area contributed by atoms with Gasteiger partial charge in [-0.25, -0.2) is 4.39 Å². The smallest absolute Gasteiger partial charge is 0.262 e. The van der Waals surface area contributed by atoms with Crippen molar-refractivity contribution in [3.63, 3.8) is 0 Å². The van der Waals surface area contributed by atoms with E-state index in [-0.39, 0.29) is 47.8 Å². The molecule has 0 radical (unpaired) electrons. The van der Waals surface area contributed by atoms with E-state index >= 15 is 0 Å². The molecule has 1 saturated carbocycles. The Morgan fingerprint density at radius 2 is 1.83 bits per heavy atom.